The number of aliphatic hydroxyl groups excluding tert-OH is 1. The number of ether oxygens (including phenoxy) is 2. The van der Waals surface area contributed by atoms with Crippen LogP contribution < -0.4 is 16.4 Å². The zero-order valence-corrected chi connectivity index (χ0v) is 22.1. The fourth-order valence-corrected chi connectivity index (χ4v) is 8.23. The highest BCUT2D eigenvalue weighted by Gasteiger charge is 2.54. The second-order valence-corrected chi connectivity index (χ2v) is 13.6. The average molecular weight is 567 g/mol. The molecule has 0 aliphatic carbocycles. The predicted molar refractivity (Wildman–Crippen MR) is 137 cm³/mol. The number of aliphatic hydroxyl groups is 2. The second kappa shape index (κ2) is 10.1. The van der Waals surface area contributed by atoms with E-state index in [0.717, 1.165) is 16.9 Å². The molecule has 2 aliphatic heterocycles. The van der Waals surface area contributed by atoms with Crippen LogP contribution in [0, 0.1) is 0 Å². The number of fused-ring (bicyclic) bond motifs is 1. The first-order chi connectivity index (χ1) is 18.0. The molecule has 3 aromatic rings. The summed E-state index contributed by atoms with van der Waals surface area (Å²) in [6.45, 7) is -0.825. The van der Waals surface area contributed by atoms with E-state index < -0.39 is 54.4 Å². The standard InChI is InChI=1S/C22H27N6O8PS/c1-11(12-6-4-3-5-7-12)35-19(31)13-9-38-37(33,27-13)34-8-14-16(29)22(2,32)20(36-14)28-10-24-15-17(28)25-21(23)26-18(15)30/h3-7,10-11,13-14,16,20,29,32H,8-9H2,1-2H3,(H,27,33)(H3,23,25,26,30)/t11-,13?,14-,16-,20-,22-,37-/m1/s1. The number of carbonyl (C=O) groups is 1. The fourth-order valence-electron chi connectivity index (χ4n) is 4.35. The van der Waals surface area contributed by atoms with Gasteiger partial charge < -0.3 is 29.9 Å². The number of carbonyl (C=O) groups excluding carboxylic acids is 1. The van der Waals surface area contributed by atoms with Gasteiger partial charge in [-0.1, -0.05) is 41.7 Å². The van der Waals surface area contributed by atoms with Crippen LogP contribution in [0.4, 0.5) is 5.95 Å². The number of hydrogen-bond donors (Lipinski definition) is 5. The van der Waals surface area contributed by atoms with Crippen molar-refractivity contribution in [1.82, 2.24) is 24.6 Å². The summed E-state index contributed by atoms with van der Waals surface area (Å²) in [4.78, 5) is 35.1. The number of nitrogens with two attached hydrogens (primary N) is 1. The van der Waals surface area contributed by atoms with E-state index >= 15 is 0 Å². The van der Waals surface area contributed by atoms with Gasteiger partial charge in [0.2, 0.25) is 5.95 Å². The van der Waals surface area contributed by atoms with Crippen molar-refractivity contribution in [3.63, 3.8) is 0 Å². The molecule has 1 unspecified atom stereocenters. The first-order valence-corrected chi connectivity index (χ1v) is 14.9. The highest BCUT2D eigenvalue weighted by Crippen LogP contribution is 2.61. The zero-order valence-electron chi connectivity index (χ0n) is 20.4. The van der Waals surface area contributed by atoms with Crippen molar-refractivity contribution in [2.75, 3.05) is 18.1 Å². The summed E-state index contributed by atoms with van der Waals surface area (Å²) in [5.41, 5.74) is 4.07. The van der Waals surface area contributed by atoms with Crippen molar-refractivity contribution in [1.29, 1.82) is 0 Å². The molecule has 0 radical (unpaired) electrons. The lowest BCUT2D eigenvalue weighted by Crippen LogP contribution is -2.44. The molecule has 14 nitrogen and oxygen atoms in total. The van der Waals surface area contributed by atoms with Gasteiger partial charge in [-0.25, -0.2) is 10.1 Å². The van der Waals surface area contributed by atoms with Crippen molar-refractivity contribution < 1.29 is 33.6 Å². The Morgan fingerprint density at radius 2 is 2.16 bits per heavy atom. The van der Waals surface area contributed by atoms with Gasteiger partial charge in [0.25, 0.3) is 5.56 Å². The maximum Gasteiger partial charge on any atom is 0.327 e. The minimum absolute atomic E-state index is 0.0247. The summed E-state index contributed by atoms with van der Waals surface area (Å²) in [5, 5.41) is 24.5. The number of nitrogen functional groups attached to an aromatic ring is 1. The zero-order chi connectivity index (χ0) is 27.2. The summed E-state index contributed by atoms with van der Waals surface area (Å²) in [7, 11) is 0. The third-order valence-corrected chi connectivity index (χ3v) is 10.5. The molecule has 2 saturated heterocycles. The lowest BCUT2D eigenvalue weighted by Gasteiger charge is -2.27. The van der Waals surface area contributed by atoms with Gasteiger partial charge in [-0.05, 0) is 19.4 Å². The van der Waals surface area contributed by atoms with Crippen LogP contribution in [0.15, 0.2) is 41.5 Å². The van der Waals surface area contributed by atoms with Gasteiger partial charge in [0.15, 0.2) is 17.4 Å². The van der Waals surface area contributed by atoms with E-state index in [9.17, 15) is 24.4 Å². The van der Waals surface area contributed by atoms with Gasteiger partial charge in [0.1, 0.15) is 30.0 Å². The first-order valence-electron chi connectivity index (χ1n) is 11.7. The minimum Gasteiger partial charge on any atom is -0.457 e. The lowest BCUT2D eigenvalue weighted by molar-refractivity contribution is -0.150. The molecule has 0 amide bonds. The van der Waals surface area contributed by atoms with Gasteiger partial charge in [0, 0.05) is 5.75 Å². The van der Waals surface area contributed by atoms with E-state index in [-0.39, 0.29) is 29.5 Å². The second-order valence-electron chi connectivity index (χ2n) is 9.23. The Hall–Kier alpha value is -2.78. The van der Waals surface area contributed by atoms with Crippen LogP contribution in [-0.4, -0.2) is 71.9 Å². The summed E-state index contributed by atoms with van der Waals surface area (Å²) in [5.74, 6) is -0.561. The number of H-pyrrole nitrogens is 1. The number of aromatic amines is 1. The largest absolute Gasteiger partial charge is 0.457 e. The molecule has 38 heavy (non-hydrogen) atoms. The minimum atomic E-state index is -3.55. The summed E-state index contributed by atoms with van der Waals surface area (Å²) in [6, 6.07) is 8.37. The Morgan fingerprint density at radius 3 is 2.89 bits per heavy atom. The maximum atomic E-state index is 13.2. The van der Waals surface area contributed by atoms with E-state index in [0.29, 0.717) is 0 Å². The molecule has 2 aromatic heterocycles. The van der Waals surface area contributed by atoms with Crippen molar-refractivity contribution in [3.05, 3.63) is 52.6 Å². The van der Waals surface area contributed by atoms with E-state index in [1.807, 2.05) is 30.3 Å². The van der Waals surface area contributed by atoms with Crippen LogP contribution in [0.3, 0.4) is 0 Å². The van der Waals surface area contributed by atoms with Crippen LogP contribution in [-0.2, 0) is 23.4 Å². The topological polar surface area (TPSA) is 204 Å². The number of aromatic nitrogens is 4. The molecule has 5 rings (SSSR count). The summed E-state index contributed by atoms with van der Waals surface area (Å²) < 4.78 is 31.5. The van der Waals surface area contributed by atoms with Crippen LogP contribution >= 0.6 is 18.1 Å². The summed E-state index contributed by atoms with van der Waals surface area (Å²) >= 11 is 0.937. The number of nitrogens with zero attached hydrogens (tertiary/aromatic N) is 3. The van der Waals surface area contributed by atoms with Crippen LogP contribution in [0.25, 0.3) is 11.2 Å². The number of hydrogen-bond acceptors (Lipinski definition) is 12. The predicted octanol–water partition coefficient (Wildman–Crippen LogP) is 0.845. The molecule has 16 heteroatoms. The van der Waals surface area contributed by atoms with Gasteiger partial charge in [-0.15, -0.1) is 0 Å². The number of nitrogens with one attached hydrogen (secondary N) is 2. The molecule has 0 bridgehead atoms. The van der Waals surface area contributed by atoms with Crippen molar-refractivity contribution in [2.45, 2.75) is 50.0 Å². The smallest absolute Gasteiger partial charge is 0.327 e. The Bertz CT molecular complexity index is 1450. The van der Waals surface area contributed by atoms with Crippen LogP contribution in [0.5, 0.6) is 0 Å². The van der Waals surface area contributed by atoms with E-state index in [1.54, 1.807) is 6.92 Å². The maximum absolute atomic E-state index is 13.2. The van der Waals surface area contributed by atoms with Gasteiger partial charge in [0.05, 0.1) is 12.9 Å². The first kappa shape index (κ1) is 26.8. The average Bonchev–Trinajstić information content (AvgIpc) is 3.54. The quantitative estimate of drug-likeness (QED) is 0.199. The third-order valence-electron chi connectivity index (χ3n) is 6.44. The van der Waals surface area contributed by atoms with Crippen molar-refractivity contribution in [3.8, 4) is 0 Å². The molecule has 204 valence electrons. The lowest BCUT2D eigenvalue weighted by atomic mass is 9.96. The fraction of sp³-hybridized carbons (Fsp3) is 0.455. The molecule has 0 saturated carbocycles. The molecular formula is C22H27N6O8PS. The Kier molecular flexibility index (Phi) is 7.11. The van der Waals surface area contributed by atoms with Crippen molar-refractivity contribution >= 4 is 41.2 Å². The SMILES string of the molecule is C[C@@H](OC(=O)C1CS[P@](=O)(OC[C@H]2O[C@@H](n3cnc4c(=O)[nH]c(N)nc43)[C@](C)(O)[C@@H]2O)N1)c1ccccc1. The molecule has 7 atom stereocenters. The van der Waals surface area contributed by atoms with E-state index in [4.69, 9.17) is 19.7 Å². The molecule has 6 N–H and O–H groups in total. The third kappa shape index (κ3) is 4.98. The Morgan fingerprint density at radius 1 is 1.42 bits per heavy atom. The molecule has 2 aliphatic rings. The van der Waals surface area contributed by atoms with Gasteiger partial charge in [-0.2, -0.15) is 4.98 Å². The molecule has 1 aromatic carbocycles. The normalized spacial score (nSPS) is 32.0. The Labute approximate surface area is 220 Å². The number of anilines is 1. The molecular weight excluding hydrogens is 539 g/mol. The highest BCUT2D eigenvalue weighted by molar-refractivity contribution is 8.56. The molecule has 0 spiro atoms. The number of imidazole rings is 1. The van der Waals surface area contributed by atoms with Crippen LogP contribution in [0.1, 0.15) is 31.7 Å². The highest BCUT2D eigenvalue weighted by atomic mass is 32.7. The number of benzene rings is 1. The summed E-state index contributed by atoms with van der Waals surface area (Å²) in [6.07, 6.45) is -3.03. The van der Waals surface area contributed by atoms with Crippen LogP contribution in [0.2, 0.25) is 0 Å². The number of esters is 1. The molecule has 2 fully saturated rings. The van der Waals surface area contributed by atoms with Gasteiger partial charge in [-0.3, -0.25) is 23.7 Å². The van der Waals surface area contributed by atoms with E-state index in [2.05, 4.69) is 20.0 Å². The monoisotopic (exact) mass is 566 g/mol. The number of rotatable bonds is 7. The van der Waals surface area contributed by atoms with Gasteiger partial charge >= 0.3 is 12.7 Å². The molecule has 4 heterocycles. The Balaban J connectivity index is 1.23. The van der Waals surface area contributed by atoms with E-state index in [1.165, 1.54) is 17.8 Å². The van der Waals surface area contributed by atoms with Crippen molar-refractivity contribution in [2.24, 2.45) is 0 Å².